The van der Waals surface area contributed by atoms with Gasteiger partial charge in [-0.2, -0.15) is 0 Å². The van der Waals surface area contributed by atoms with Gasteiger partial charge in [-0.25, -0.2) is 0 Å². The molecule has 13 heteroatoms. The van der Waals surface area contributed by atoms with Crippen molar-refractivity contribution in [2.75, 3.05) is 41.1 Å². The molecule has 2 fully saturated rings. The molecule has 0 unspecified atom stereocenters. The monoisotopic (exact) mass is 479 g/mol. The van der Waals surface area contributed by atoms with Crippen LogP contribution in [0.1, 0.15) is 41.5 Å². The van der Waals surface area contributed by atoms with Gasteiger partial charge in [0.05, 0.1) is 0 Å². The van der Waals surface area contributed by atoms with Gasteiger partial charge in [0.1, 0.15) is 0 Å². The second-order valence-electron chi connectivity index (χ2n) is 8.91. The predicted octanol–water partition coefficient (Wildman–Crippen LogP) is 4.50. The third-order valence-corrected chi connectivity index (χ3v) is 16.2. The number of rotatable bonds is 8. The molecule has 0 aromatic heterocycles. The summed E-state index contributed by atoms with van der Waals surface area (Å²) in [6.45, 7) is 11.7. The Labute approximate surface area is 173 Å². The van der Waals surface area contributed by atoms with Crippen molar-refractivity contribution < 1.29 is 40.8 Å². The number of hydrogen-bond donors (Lipinski definition) is 1. The summed E-state index contributed by atoms with van der Waals surface area (Å²) < 4.78 is 67.3. The van der Waals surface area contributed by atoms with E-state index in [1.807, 2.05) is 41.5 Å². The van der Waals surface area contributed by atoms with Crippen molar-refractivity contribution in [3.63, 3.8) is 0 Å². The molecule has 2 saturated heterocycles. The Kier molecular flexibility index (Phi) is 6.74. The fraction of sp³-hybridized carbons (Fsp3) is 1.00. The first-order chi connectivity index (χ1) is 13.0. The van der Waals surface area contributed by atoms with Crippen LogP contribution >= 0.6 is 22.6 Å². The molecule has 1 spiro atoms. The van der Waals surface area contributed by atoms with E-state index in [-0.39, 0.29) is 6.16 Å². The van der Waals surface area contributed by atoms with Gasteiger partial charge in [0.25, 0.3) is 0 Å². The fourth-order valence-electron chi connectivity index (χ4n) is 3.64. The van der Waals surface area contributed by atoms with Gasteiger partial charge in [-0.3, -0.25) is 0 Å². The summed E-state index contributed by atoms with van der Waals surface area (Å²) in [4.78, 5) is 0. The average Bonchev–Trinajstić information content (AvgIpc) is 2.97. The molecule has 2 rings (SSSR count). The Morgan fingerprint density at radius 1 is 0.828 bits per heavy atom. The Bertz CT molecular complexity index is 681. The van der Waals surface area contributed by atoms with Gasteiger partial charge >= 0.3 is 173 Å². The van der Waals surface area contributed by atoms with Gasteiger partial charge in [-0.1, -0.05) is 0 Å². The first kappa shape index (κ1) is 25.8. The van der Waals surface area contributed by atoms with Crippen molar-refractivity contribution in [1.29, 1.82) is 0 Å². The van der Waals surface area contributed by atoms with E-state index in [0.29, 0.717) is 6.54 Å². The molecule has 0 atom stereocenters. The van der Waals surface area contributed by atoms with E-state index in [2.05, 4.69) is 5.09 Å². The summed E-state index contributed by atoms with van der Waals surface area (Å²) in [5.41, 5.74) is -2.18. The van der Waals surface area contributed by atoms with Gasteiger partial charge in [0.15, 0.2) is 0 Å². The van der Waals surface area contributed by atoms with E-state index in [0.717, 1.165) is 0 Å². The predicted molar refractivity (Wildman–Crippen MR) is 112 cm³/mol. The summed E-state index contributed by atoms with van der Waals surface area (Å²) in [7, 11) is -7.26. The molecule has 0 aromatic rings. The van der Waals surface area contributed by atoms with Crippen molar-refractivity contribution in [2.45, 2.75) is 63.7 Å². The number of hydrogen-bond acceptors (Lipinski definition) is 10. The second-order valence-corrected chi connectivity index (χ2v) is 17.5. The molecular formula is C16H36NO9P3. The van der Waals surface area contributed by atoms with E-state index >= 15 is 0 Å². The summed E-state index contributed by atoms with van der Waals surface area (Å²) >= 11 is 0. The molecule has 29 heavy (non-hydrogen) atoms. The quantitative estimate of drug-likeness (QED) is 0.500. The Hall–Kier alpha value is 0.570. The van der Waals surface area contributed by atoms with Gasteiger partial charge in [0.2, 0.25) is 0 Å². The normalized spacial score (nSPS) is 28.4. The van der Waals surface area contributed by atoms with E-state index in [1.54, 1.807) is 0 Å². The molecule has 10 nitrogen and oxygen atoms in total. The van der Waals surface area contributed by atoms with Gasteiger partial charge < -0.3 is 0 Å². The van der Waals surface area contributed by atoms with Crippen LogP contribution in [0.15, 0.2) is 0 Å². The standard InChI is InChI=1S/C16H36NO9P3/c1-14(2)12-17-29(24-14,25-15(3,4)16(5,6)26-29)11-13(27(18,20-7)21-8)28(19,22-9)23-10/h13,17H,11-12H2,1-10H3. The SMILES string of the molecule is COP(=O)(OC)C(CP12(NCC(C)(C)O1)OC(C)(C)C(C)(C)O2)P(=O)(OC)OC. The van der Waals surface area contributed by atoms with Crippen LogP contribution in [0, 0.1) is 0 Å². The molecule has 0 radical (unpaired) electrons. The number of nitrogens with one attached hydrogen (secondary N) is 1. The second kappa shape index (κ2) is 7.57. The van der Waals surface area contributed by atoms with Crippen molar-refractivity contribution in [3.05, 3.63) is 0 Å². The van der Waals surface area contributed by atoms with Crippen LogP contribution in [0.3, 0.4) is 0 Å². The Morgan fingerprint density at radius 3 is 1.48 bits per heavy atom. The van der Waals surface area contributed by atoms with Crippen molar-refractivity contribution in [1.82, 2.24) is 5.09 Å². The van der Waals surface area contributed by atoms with E-state index in [9.17, 15) is 9.13 Å². The van der Waals surface area contributed by atoms with Gasteiger partial charge in [-0.05, 0) is 0 Å². The van der Waals surface area contributed by atoms with Crippen LogP contribution in [0.25, 0.3) is 0 Å². The van der Waals surface area contributed by atoms with Crippen molar-refractivity contribution >= 4 is 22.6 Å². The van der Waals surface area contributed by atoms with Crippen LogP contribution in [0.2, 0.25) is 0 Å². The van der Waals surface area contributed by atoms with Crippen molar-refractivity contribution in [3.8, 4) is 0 Å². The Balaban J connectivity index is 2.70. The Morgan fingerprint density at radius 2 is 1.21 bits per heavy atom. The van der Waals surface area contributed by atoms with Crippen LogP contribution in [0.4, 0.5) is 0 Å². The van der Waals surface area contributed by atoms with Gasteiger partial charge in [0, 0.05) is 0 Å². The molecule has 0 aliphatic carbocycles. The summed E-state index contributed by atoms with van der Waals surface area (Å²) in [5, 5.41) is 1.97. The van der Waals surface area contributed by atoms with Crippen LogP contribution < -0.4 is 5.09 Å². The molecule has 1 N–H and O–H groups in total. The van der Waals surface area contributed by atoms with Gasteiger partial charge in [-0.15, -0.1) is 0 Å². The maximum absolute atomic E-state index is 13.5. The van der Waals surface area contributed by atoms with Crippen LogP contribution in [-0.4, -0.2) is 63.3 Å². The zero-order chi connectivity index (χ0) is 22.6. The van der Waals surface area contributed by atoms with Crippen LogP contribution in [0.5, 0.6) is 0 Å². The maximum atomic E-state index is 13.5. The fourth-order valence-corrected chi connectivity index (χ4v) is 16.0. The average molecular weight is 479 g/mol. The van der Waals surface area contributed by atoms with E-state index in [1.165, 1.54) is 28.4 Å². The first-order valence-corrected chi connectivity index (χ1v) is 14.7. The molecule has 0 amide bonds. The minimum atomic E-state index is -4.19. The molecule has 174 valence electrons. The third kappa shape index (κ3) is 4.29. The summed E-state index contributed by atoms with van der Waals surface area (Å²) in [6, 6.07) is 0. The molecule has 0 saturated carbocycles. The van der Waals surface area contributed by atoms with Crippen molar-refractivity contribution in [2.24, 2.45) is 0 Å². The topological polar surface area (TPSA) is 111 Å². The zero-order valence-corrected chi connectivity index (χ0v) is 21.7. The molecule has 2 aliphatic heterocycles. The third-order valence-electron chi connectivity index (χ3n) is 5.74. The van der Waals surface area contributed by atoms with Crippen LogP contribution in [-0.2, 0) is 40.8 Å². The van der Waals surface area contributed by atoms with E-state index < -0.39 is 44.8 Å². The molecule has 2 heterocycles. The minimum absolute atomic E-state index is 0.209. The summed E-state index contributed by atoms with van der Waals surface area (Å²) in [6.07, 6.45) is -0.209. The first-order valence-electron chi connectivity index (χ1n) is 9.31. The molecular weight excluding hydrogens is 443 g/mol. The zero-order valence-electron chi connectivity index (χ0n) is 19.0. The molecule has 0 aromatic carbocycles. The summed E-state index contributed by atoms with van der Waals surface area (Å²) in [5.74, 6) is 0. The van der Waals surface area contributed by atoms with E-state index in [4.69, 9.17) is 31.7 Å². The molecule has 2 aliphatic rings. The molecule has 0 bridgehead atoms.